The van der Waals surface area contributed by atoms with Crippen LogP contribution in [-0.2, 0) is 4.79 Å². The molecule has 1 aliphatic heterocycles. The number of benzene rings is 1. The second kappa shape index (κ2) is 12.8. The molecule has 7 nitrogen and oxygen atoms in total. The van der Waals surface area contributed by atoms with Crippen LogP contribution >= 0.6 is 24.0 Å². The normalized spacial score (nSPS) is 19.3. The van der Waals surface area contributed by atoms with Crippen LogP contribution in [0.2, 0.25) is 0 Å². The molecule has 3 N–H and O–H groups in total. The van der Waals surface area contributed by atoms with Gasteiger partial charge in [0.05, 0.1) is 6.54 Å². The average molecular weight is 527 g/mol. The summed E-state index contributed by atoms with van der Waals surface area (Å²) >= 11 is 0. The van der Waals surface area contributed by atoms with Gasteiger partial charge in [-0.3, -0.25) is 14.6 Å². The minimum Gasteiger partial charge on any atom is -0.357 e. The van der Waals surface area contributed by atoms with E-state index in [0.717, 1.165) is 44.9 Å². The van der Waals surface area contributed by atoms with Gasteiger partial charge in [0, 0.05) is 43.7 Å². The molecule has 1 aromatic carbocycles. The Labute approximate surface area is 196 Å². The van der Waals surface area contributed by atoms with Crippen LogP contribution in [0.15, 0.2) is 35.3 Å². The molecule has 2 aliphatic rings. The lowest BCUT2D eigenvalue weighted by molar-refractivity contribution is -0.134. The molecule has 3 rings (SSSR count). The second-order valence-electron chi connectivity index (χ2n) is 7.78. The fourth-order valence-corrected chi connectivity index (χ4v) is 4.05. The van der Waals surface area contributed by atoms with E-state index in [4.69, 9.17) is 0 Å². The Hall–Kier alpha value is -1.84. The maximum absolute atomic E-state index is 12.6. The molecule has 0 bridgehead atoms. The summed E-state index contributed by atoms with van der Waals surface area (Å²) in [5.41, 5.74) is 0.652. The van der Waals surface area contributed by atoms with E-state index >= 15 is 0 Å². The van der Waals surface area contributed by atoms with E-state index in [-0.39, 0.29) is 41.8 Å². The van der Waals surface area contributed by atoms with Crippen molar-refractivity contribution in [2.24, 2.45) is 10.9 Å². The minimum absolute atomic E-state index is 0. The largest absolute Gasteiger partial charge is 0.357 e. The molecule has 1 unspecified atom stereocenters. The molecule has 2 fully saturated rings. The first-order valence-electron chi connectivity index (χ1n) is 10.8. The molecule has 1 aromatic rings. The van der Waals surface area contributed by atoms with Gasteiger partial charge < -0.3 is 20.9 Å². The molecule has 1 atom stereocenters. The highest BCUT2D eigenvalue weighted by Crippen LogP contribution is 2.27. The molecule has 166 valence electrons. The molecule has 8 heteroatoms. The van der Waals surface area contributed by atoms with Crippen LogP contribution in [-0.4, -0.2) is 61.4 Å². The van der Waals surface area contributed by atoms with E-state index in [2.05, 4.69) is 20.9 Å². The van der Waals surface area contributed by atoms with E-state index in [1.807, 2.05) is 30.0 Å². The first-order valence-corrected chi connectivity index (χ1v) is 10.8. The fraction of sp³-hybridized carbons (Fsp3) is 0.591. The Morgan fingerprint density at radius 3 is 2.53 bits per heavy atom. The van der Waals surface area contributed by atoms with E-state index < -0.39 is 0 Å². The SMILES string of the molecule is CCNC(=NCCNC(=O)c1ccccc1)NC1CCN(C(=O)C2CCCC2)C1.I. The lowest BCUT2D eigenvalue weighted by atomic mass is 10.1. The number of hydrogen-bond acceptors (Lipinski definition) is 3. The molecular formula is C22H34IN5O2. The molecule has 1 saturated heterocycles. The number of carbonyl (C=O) groups is 2. The van der Waals surface area contributed by atoms with Gasteiger partial charge in [0.2, 0.25) is 5.91 Å². The molecule has 1 heterocycles. The third kappa shape index (κ3) is 7.14. The van der Waals surface area contributed by atoms with Crippen LogP contribution in [0, 0.1) is 5.92 Å². The smallest absolute Gasteiger partial charge is 0.251 e. The first kappa shape index (κ1) is 24.4. The Kier molecular flexibility index (Phi) is 10.4. The number of nitrogens with one attached hydrogen (secondary N) is 3. The lowest BCUT2D eigenvalue weighted by Gasteiger charge is -2.21. The minimum atomic E-state index is -0.0874. The van der Waals surface area contributed by atoms with Crippen molar-refractivity contribution in [1.29, 1.82) is 0 Å². The molecule has 1 saturated carbocycles. The molecule has 1 aliphatic carbocycles. The molecule has 0 aromatic heterocycles. The zero-order chi connectivity index (χ0) is 20.5. The van der Waals surface area contributed by atoms with Gasteiger partial charge in [-0.25, -0.2) is 0 Å². The maximum Gasteiger partial charge on any atom is 0.251 e. The van der Waals surface area contributed by atoms with E-state index in [0.29, 0.717) is 24.6 Å². The van der Waals surface area contributed by atoms with Crippen LogP contribution in [0.25, 0.3) is 0 Å². The summed E-state index contributed by atoms with van der Waals surface area (Å²) in [7, 11) is 0. The van der Waals surface area contributed by atoms with Crippen molar-refractivity contribution >= 4 is 41.8 Å². The van der Waals surface area contributed by atoms with Crippen molar-refractivity contribution in [1.82, 2.24) is 20.9 Å². The summed E-state index contributed by atoms with van der Waals surface area (Å²) < 4.78 is 0. The topological polar surface area (TPSA) is 85.8 Å². The summed E-state index contributed by atoms with van der Waals surface area (Å²) in [6.07, 6.45) is 5.40. The summed E-state index contributed by atoms with van der Waals surface area (Å²) in [4.78, 5) is 31.3. The molecule has 2 amide bonds. The standard InChI is InChI=1S/C22H33N5O2.HI/c1-2-23-22(25-14-13-24-20(28)17-8-4-3-5-9-17)26-19-12-15-27(16-19)21(29)18-10-6-7-11-18;/h3-5,8-9,18-19H,2,6-7,10-16H2,1H3,(H,24,28)(H2,23,25,26);1H. The number of nitrogens with zero attached hydrogens (tertiary/aromatic N) is 2. The van der Waals surface area contributed by atoms with Crippen LogP contribution in [0.5, 0.6) is 0 Å². The lowest BCUT2D eigenvalue weighted by Crippen LogP contribution is -2.45. The van der Waals surface area contributed by atoms with Crippen LogP contribution in [0.3, 0.4) is 0 Å². The highest BCUT2D eigenvalue weighted by Gasteiger charge is 2.32. The highest BCUT2D eigenvalue weighted by molar-refractivity contribution is 14.0. The van der Waals surface area contributed by atoms with Gasteiger partial charge in [-0.1, -0.05) is 31.0 Å². The van der Waals surface area contributed by atoms with Gasteiger partial charge in [-0.05, 0) is 38.3 Å². The van der Waals surface area contributed by atoms with Crippen LogP contribution in [0.1, 0.15) is 49.4 Å². The number of halogens is 1. The van der Waals surface area contributed by atoms with Crippen molar-refractivity contribution in [3.63, 3.8) is 0 Å². The van der Waals surface area contributed by atoms with Crippen LogP contribution < -0.4 is 16.0 Å². The predicted molar refractivity (Wildman–Crippen MR) is 130 cm³/mol. The zero-order valence-corrected chi connectivity index (χ0v) is 20.1. The van der Waals surface area contributed by atoms with Crippen molar-refractivity contribution < 1.29 is 9.59 Å². The van der Waals surface area contributed by atoms with Gasteiger partial charge in [0.25, 0.3) is 5.91 Å². The van der Waals surface area contributed by atoms with E-state index in [1.54, 1.807) is 12.1 Å². The molecule has 30 heavy (non-hydrogen) atoms. The van der Waals surface area contributed by atoms with Gasteiger partial charge in [-0.2, -0.15) is 0 Å². The summed E-state index contributed by atoms with van der Waals surface area (Å²) in [5.74, 6) is 1.22. The fourth-order valence-electron chi connectivity index (χ4n) is 4.05. The Morgan fingerprint density at radius 1 is 1.10 bits per heavy atom. The summed E-state index contributed by atoms with van der Waals surface area (Å²) in [6.45, 7) is 5.31. The monoisotopic (exact) mass is 527 g/mol. The summed E-state index contributed by atoms with van der Waals surface area (Å²) in [5, 5.41) is 9.58. The number of likely N-dealkylation sites (tertiary alicyclic amines) is 1. The average Bonchev–Trinajstić information content (AvgIpc) is 3.43. The number of amides is 2. The first-order chi connectivity index (χ1) is 14.2. The highest BCUT2D eigenvalue weighted by atomic mass is 127. The third-order valence-electron chi connectivity index (χ3n) is 5.59. The van der Waals surface area contributed by atoms with Gasteiger partial charge >= 0.3 is 0 Å². The van der Waals surface area contributed by atoms with E-state index in [9.17, 15) is 9.59 Å². The molecule has 0 radical (unpaired) electrons. The van der Waals surface area contributed by atoms with Crippen molar-refractivity contribution in [2.45, 2.75) is 45.1 Å². The Balaban J connectivity index is 0.00000320. The molecule has 0 spiro atoms. The van der Waals surface area contributed by atoms with Crippen LogP contribution in [0.4, 0.5) is 0 Å². The van der Waals surface area contributed by atoms with Crippen molar-refractivity contribution in [3.8, 4) is 0 Å². The van der Waals surface area contributed by atoms with E-state index in [1.165, 1.54) is 12.8 Å². The van der Waals surface area contributed by atoms with Crippen molar-refractivity contribution in [2.75, 3.05) is 32.7 Å². The number of hydrogen-bond donors (Lipinski definition) is 3. The van der Waals surface area contributed by atoms with Crippen molar-refractivity contribution in [3.05, 3.63) is 35.9 Å². The summed E-state index contributed by atoms with van der Waals surface area (Å²) in [6, 6.07) is 9.40. The van der Waals surface area contributed by atoms with Gasteiger partial charge in [0.15, 0.2) is 5.96 Å². The number of guanidine groups is 1. The molecular weight excluding hydrogens is 493 g/mol. The number of carbonyl (C=O) groups excluding carboxylic acids is 2. The Morgan fingerprint density at radius 2 is 1.83 bits per heavy atom. The number of aliphatic imine (C=N–C) groups is 1. The number of rotatable bonds is 7. The zero-order valence-electron chi connectivity index (χ0n) is 17.7. The van der Waals surface area contributed by atoms with Gasteiger partial charge in [0.1, 0.15) is 0 Å². The quantitative estimate of drug-likeness (QED) is 0.220. The predicted octanol–water partition coefficient (Wildman–Crippen LogP) is 2.38. The second-order valence-corrected chi connectivity index (χ2v) is 7.78. The maximum atomic E-state index is 12.6. The third-order valence-corrected chi connectivity index (χ3v) is 5.59. The Bertz CT molecular complexity index is 707. The van der Waals surface area contributed by atoms with Gasteiger partial charge in [-0.15, -0.1) is 24.0 Å².